The molecular formula is C37H36BF12NO4. The zero-order chi connectivity index (χ0) is 41.5. The predicted octanol–water partition coefficient (Wildman–Crippen LogP) is 11.5. The average molecular weight is 797 g/mol. The largest absolute Gasteiger partial charge is 0.864 e. The molecule has 4 rings (SSSR count). The van der Waals surface area contributed by atoms with Gasteiger partial charge in [0.15, 0.2) is 0 Å². The lowest BCUT2D eigenvalue weighted by Crippen LogP contribution is -2.62. The van der Waals surface area contributed by atoms with Gasteiger partial charge in [-0.1, -0.05) is 5.56 Å². The Bertz CT molecular complexity index is 1730. The Hall–Kier alpha value is -4.58. The van der Waals surface area contributed by atoms with Gasteiger partial charge in [0.25, 0.3) is 0 Å². The maximum Gasteiger partial charge on any atom is 0.864 e. The Morgan fingerprint density at radius 1 is 0.527 bits per heavy atom. The molecule has 0 aliphatic carbocycles. The monoisotopic (exact) mass is 797 g/mol. The molecule has 0 heterocycles. The summed E-state index contributed by atoms with van der Waals surface area (Å²) in [6.45, 7) is 8.49. The third-order valence-electron chi connectivity index (χ3n) is 9.02. The van der Waals surface area contributed by atoms with Crippen molar-refractivity contribution in [3.05, 3.63) is 125 Å². The van der Waals surface area contributed by atoms with Crippen molar-refractivity contribution in [2.75, 3.05) is 26.7 Å². The molecule has 0 aliphatic rings. The van der Waals surface area contributed by atoms with Crippen LogP contribution in [0.5, 0.6) is 17.2 Å². The molecule has 0 N–H and O–H groups in total. The second-order valence-electron chi connectivity index (χ2n) is 12.0. The maximum atomic E-state index is 13.9. The highest BCUT2D eigenvalue weighted by atomic mass is 19.4. The number of alkyl halides is 12. The Morgan fingerprint density at radius 2 is 0.891 bits per heavy atom. The highest BCUT2D eigenvalue weighted by Gasteiger charge is 2.50. The molecule has 0 spiro atoms. The molecule has 300 valence electrons. The normalized spacial score (nSPS) is 13.6. The lowest BCUT2D eigenvalue weighted by molar-refractivity contribution is -1.00. The molecular weight excluding hydrogens is 761 g/mol. The first-order chi connectivity index (χ1) is 25.4. The van der Waals surface area contributed by atoms with Crippen LogP contribution in [0, 0.1) is 6.07 Å². The summed E-state index contributed by atoms with van der Waals surface area (Å²) >= 11 is 0. The Labute approximate surface area is 310 Å². The van der Waals surface area contributed by atoms with Gasteiger partial charge in [-0.3, -0.25) is 4.48 Å². The quantitative estimate of drug-likeness (QED) is 0.0470. The topological polar surface area (TPSA) is 36.9 Å². The van der Waals surface area contributed by atoms with Crippen molar-refractivity contribution >= 4 is 7.32 Å². The molecule has 0 aliphatic heterocycles. The number of halogens is 12. The summed E-state index contributed by atoms with van der Waals surface area (Å²) in [7, 11) is -0.547. The fourth-order valence-electron chi connectivity index (χ4n) is 5.73. The minimum atomic E-state index is -4.74. The lowest BCUT2D eigenvalue weighted by atomic mass is 9.95. The minimum Gasteiger partial charge on any atom is -0.490 e. The van der Waals surface area contributed by atoms with Gasteiger partial charge in [-0.2, -0.15) is 83.0 Å². The average Bonchev–Trinajstić information content (AvgIpc) is 3.12. The molecule has 18 heteroatoms. The molecule has 1 unspecified atom stereocenters. The summed E-state index contributed by atoms with van der Waals surface area (Å²) < 4.78 is 179. The summed E-state index contributed by atoms with van der Waals surface area (Å²) in [6.07, 6.45) is -18.3. The van der Waals surface area contributed by atoms with Crippen LogP contribution in [0.3, 0.4) is 0 Å². The number of nitrogens with zero attached hydrogens (tertiary/aromatic N) is 1. The highest BCUT2D eigenvalue weighted by Crippen LogP contribution is 2.44. The summed E-state index contributed by atoms with van der Waals surface area (Å²) in [5.74, 6) is -0.568. The van der Waals surface area contributed by atoms with E-state index in [1.54, 1.807) is 6.92 Å². The van der Waals surface area contributed by atoms with Crippen LogP contribution in [0.25, 0.3) is 0 Å². The van der Waals surface area contributed by atoms with Gasteiger partial charge in [-0.25, -0.2) is 0 Å². The molecule has 55 heavy (non-hydrogen) atoms. The number of benzene rings is 4. The van der Waals surface area contributed by atoms with Gasteiger partial charge in [0.2, 0.25) is 5.72 Å². The van der Waals surface area contributed by atoms with E-state index in [-0.39, 0.29) is 27.3 Å². The van der Waals surface area contributed by atoms with Crippen molar-refractivity contribution in [1.29, 1.82) is 0 Å². The van der Waals surface area contributed by atoms with Gasteiger partial charge >= 0.3 is 32.0 Å². The zero-order valence-corrected chi connectivity index (χ0v) is 30.0. The van der Waals surface area contributed by atoms with E-state index < -0.39 is 60.0 Å². The van der Waals surface area contributed by atoms with Gasteiger partial charge in [0, 0.05) is 14.0 Å². The molecule has 0 radical (unpaired) electrons. The van der Waals surface area contributed by atoms with Crippen LogP contribution >= 0.6 is 0 Å². The first-order valence-electron chi connectivity index (χ1n) is 16.4. The molecule has 0 fully saturated rings. The fourth-order valence-corrected chi connectivity index (χ4v) is 5.73. The number of ether oxygens (including phenoxy) is 1. The van der Waals surface area contributed by atoms with Crippen LogP contribution < -0.4 is 14.0 Å². The summed E-state index contributed by atoms with van der Waals surface area (Å²) in [5.41, 5.74) is -5.07. The van der Waals surface area contributed by atoms with Gasteiger partial charge in [-0.15, -0.1) is 0 Å². The Kier molecular flexibility index (Phi) is 14.2. The van der Waals surface area contributed by atoms with Crippen LogP contribution in [-0.4, -0.2) is 38.5 Å². The van der Waals surface area contributed by atoms with E-state index in [2.05, 4.69) is 6.07 Å². The second-order valence-corrected chi connectivity index (χ2v) is 12.0. The second kappa shape index (κ2) is 17.5. The van der Waals surface area contributed by atoms with Crippen molar-refractivity contribution in [1.82, 2.24) is 0 Å². The van der Waals surface area contributed by atoms with E-state index in [1.807, 2.05) is 20.8 Å². The molecule has 0 saturated carbocycles. The first-order valence-corrected chi connectivity index (χ1v) is 16.4. The minimum absolute atomic E-state index is 0.0394. The van der Waals surface area contributed by atoms with Gasteiger partial charge < -0.3 is 18.7 Å². The lowest BCUT2D eigenvalue weighted by Gasteiger charge is -2.49. The number of methoxy groups -OCH3 is 1. The maximum absolute atomic E-state index is 13.9. The third-order valence-corrected chi connectivity index (χ3v) is 9.02. The van der Waals surface area contributed by atoms with Crippen molar-refractivity contribution in [2.45, 2.75) is 58.1 Å². The summed E-state index contributed by atoms with van der Waals surface area (Å²) in [6, 6.07) is 16.4. The summed E-state index contributed by atoms with van der Waals surface area (Å²) in [5, 5.41) is 0. The van der Waals surface area contributed by atoms with Crippen molar-refractivity contribution in [3.8, 4) is 17.2 Å². The van der Waals surface area contributed by atoms with Crippen LogP contribution in [0.1, 0.15) is 55.5 Å². The van der Waals surface area contributed by atoms with E-state index >= 15 is 0 Å². The van der Waals surface area contributed by atoms with Crippen molar-refractivity contribution < 1.29 is 75.9 Å². The molecule has 5 nitrogen and oxygen atoms in total. The predicted molar refractivity (Wildman–Crippen MR) is 178 cm³/mol. The Balaban J connectivity index is 0.000000701. The van der Waals surface area contributed by atoms with Crippen LogP contribution in [0.4, 0.5) is 52.7 Å². The van der Waals surface area contributed by atoms with Crippen LogP contribution in [0.2, 0.25) is 0 Å². The highest BCUT2D eigenvalue weighted by molar-refractivity contribution is 6.39. The molecule has 0 amide bonds. The van der Waals surface area contributed by atoms with E-state index in [0.717, 1.165) is 78.9 Å². The van der Waals surface area contributed by atoms with Crippen LogP contribution in [-0.2, 0) is 35.2 Å². The first kappa shape index (κ1) is 44.8. The van der Waals surface area contributed by atoms with Gasteiger partial charge in [0.1, 0.15) is 17.2 Å². The Morgan fingerprint density at radius 3 is 1.22 bits per heavy atom. The molecule has 0 bridgehead atoms. The van der Waals surface area contributed by atoms with E-state index in [1.165, 1.54) is 19.2 Å². The fraction of sp³-hybridized carbons (Fsp3) is 0.351. The van der Waals surface area contributed by atoms with Crippen molar-refractivity contribution in [3.63, 3.8) is 0 Å². The third kappa shape index (κ3) is 11.2. The number of rotatable bonds is 12. The molecule has 1 atom stereocenters. The van der Waals surface area contributed by atoms with Crippen LogP contribution in [0.15, 0.2) is 91.0 Å². The van der Waals surface area contributed by atoms with Crippen molar-refractivity contribution in [2.24, 2.45) is 0 Å². The molecule has 0 saturated heterocycles. The summed E-state index contributed by atoms with van der Waals surface area (Å²) in [4.78, 5) is 0. The van der Waals surface area contributed by atoms with Gasteiger partial charge in [0.05, 0.1) is 41.9 Å². The number of hydrogen-bond acceptors (Lipinski definition) is 4. The molecule has 4 aromatic rings. The van der Waals surface area contributed by atoms with E-state index in [0.29, 0.717) is 19.6 Å². The molecule has 0 aromatic heterocycles. The number of quaternary nitrogens is 1. The standard InChI is InChI=1S/C30H32BF9NO4.C7H4F3/c1-6-41(7-2,8-3)27(4,42-5)25-19-22(30(38,39)40)13-18-26(25)45-31(43-23-14-9-20(10-15-23)28(32,33)34)44-24-16-11-21(12-17-24)29(35,36)37;8-7(9,10)6-4-2-1-3-5-6/h9-19H,6-8H2,1-5H3;2-5H/q+1;-1. The number of hydrogen-bond donors (Lipinski definition) is 0. The van der Waals surface area contributed by atoms with E-state index in [9.17, 15) is 52.7 Å². The SMILES string of the molecule is CC[N+](CC)(CC)C(C)(OC)c1cc(C(F)(F)F)ccc1OB(Oc1ccc(C(F)(F)F)cc1)Oc1ccc(C(F)(F)F)cc1.FC(F)(F)c1cc[c-]cc1. The molecule has 4 aromatic carbocycles. The van der Waals surface area contributed by atoms with Gasteiger partial charge in [-0.05, 0) is 87.5 Å². The van der Waals surface area contributed by atoms with E-state index in [4.69, 9.17) is 18.7 Å². The zero-order valence-electron chi connectivity index (χ0n) is 30.0. The smallest absolute Gasteiger partial charge is 0.490 e.